The summed E-state index contributed by atoms with van der Waals surface area (Å²) in [7, 11) is 0. The molecule has 0 amide bonds. The molecule has 0 aliphatic carbocycles. The minimum Gasteiger partial charge on any atom is -0.493 e. The Balaban J connectivity index is 0.00000420. The van der Waals surface area contributed by atoms with E-state index in [-0.39, 0.29) is 36.9 Å². The van der Waals surface area contributed by atoms with Crippen molar-refractivity contribution in [3.05, 3.63) is 59.2 Å². The topological polar surface area (TPSA) is 97.4 Å². The van der Waals surface area contributed by atoms with E-state index in [2.05, 4.69) is 25.2 Å². The molecule has 0 radical (unpaired) electrons. The summed E-state index contributed by atoms with van der Waals surface area (Å²) in [6.07, 6.45) is 1.80. The van der Waals surface area contributed by atoms with Gasteiger partial charge in [0.05, 0.1) is 12.6 Å². The zero-order valence-electron chi connectivity index (χ0n) is 17.2. The van der Waals surface area contributed by atoms with Gasteiger partial charge in [0.1, 0.15) is 18.2 Å². The van der Waals surface area contributed by atoms with Gasteiger partial charge in [-0.1, -0.05) is 19.9 Å². The SMILES string of the molecule is CCCOc1ccc(C(COC(C)=O)Nc2ccc(C(=N)N)cc2)cc1CC.Cl. The molecule has 0 aliphatic rings. The number of nitrogen functional groups attached to an aromatic ring is 1. The highest BCUT2D eigenvalue weighted by Crippen LogP contribution is 2.27. The Labute approximate surface area is 178 Å². The molecule has 7 heteroatoms. The van der Waals surface area contributed by atoms with Crippen molar-refractivity contribution in [2.24, 2.45) is 5.73 Å². The van der Waals surface area contributed by atoms with E-state index in [1.165, 1.54) is 6.92 Å². The molecule has 0 heterocycles. The number of anilines is 1. The summed E-state index contributed by atoms with van der Waals surface area (Å²) in [4.78, 5) is 11.3. The summed E-state index contributed by atoms with van der Waals surface area (Å²) in [5.74, 6) is 0.598. The molecule has 0 saturated heterocycles. The van der Waals surface area contributed by atoms with Crippen molar-refractivity contribution < 1.29 is 14.3 Å². The molecule has 158 valence electrons. The van der Waals surface area contributed by atoms with Crippen LogP contribution in [0.3, 0.4) is 0 Å². The Morgan fingerprint density at radius 1 is 1.17 bits per heavy atom. The number of halogens is 1. The van der Waals surface area contributed by atoms with Crippen LogP contribution in [0.2, 0.25) is 0 Å². The summed E-state index contributed by atoms with van der Waals surface area (Å²) in [6, 6.07) is 13.1. The van der Waals surface area contributed by atoms with E-state index < -0.39 is 0 Å². The molecule has 0 fully saturated rings. The third-order valence-corrected chi connectivity index (χ3v) is 4.32. The molecule has 0 aromatic heterocycles. The van der Waals surface area contributed by atoms with Crippen molar-refractivity contribution in [3.63, 3.8) is 0 Å². The predicted octanol–water partition coefficient (Wildman–Crippen LogP) is 4.46. The smallest absolute Gasteiger partial charge is 0.302 e. The van der Waals surface area contributed by atoms with Crippen molar-refractivity contribution in [2.45, 2.75) is 39.7 Å². The molecule has 0 bridgehead atoms. The number of rotatable bonds is 10. The van der Waals surface area contributed by atoms with E-state index in [4.69, 9.17) is 20.6 Å². The fourth-order valence-corrected chi connectivity index (χ4v) is 2.81. The number of hydrogen-bond donors (Lipinski definition) is 3. The van der Waals surface area contributed by atoms with Crippen molar-refractivity contribution in [2.75, 3.05) is 18.5 Å². The van der Waals surface area contributed by atoms with Crippen LogP contribution in [0, 0.1) is 5.41 Å². The van der Waals surface area contributed by atoms with Gasteiger partial charge in [-0.2, -0.15) is 0 Å². The number of nitrogens with one attached hydrogen (secondary N) is 2. The highest BCUT2D eigenvalue weighted by atomic mass is 35.5. The first-order chi connectivity index (χ1) is 13.4. The van der Waals surface area contributed by atoms with Crippen molar-refractivity contribution >= 4 is 29.9 Å². The van der Waals surface area contributed by atoms with E-state index in [0.717, 1.165) is 35.4 Å². The summed E-state index contributed by atoms with van der Waals surface area (Å²) in [5, 5.41) is 10.9. The summed E-state index contributed by atoms with van der Waals surface area (Å²) >= 11 is 0. The monoisotopic (exact) mass is 419 g/mol. The Hall–Kier alpha value is -2.73. The van der Waals surface area contributed by atoms with Gasteiger partial charge in [-0.25, -0.2) is 0 Å². The first-order valence-corrected chi connectivity index (χ1v) is 9.54. The number of hydrogen-bond acceptors (Lipinski definition) is 5. The second-order valence-electron chi connectivity index (χ2n) is 6.56. The molecule has 2 aromatic carbocycles. The maximum Gasteiger partial charge on any atom is 0.302 e. The Kier molecular flexibility index (Phi) is 10.0. The van der Waals surface area contributed by atoms with Gasteiger partial charge in [-0.15, -0.1) is 12.4 Å². The molecule has 29 heavy (non-hydrogen) atoms. The van der Waals surface area contributed by atoms with Crippen molar-refractivity contribution in [1.82, 2.24) is 0 Å². The maximum absolute atomic E-state index is 11.3. The fourth-order valence-electron chi connectivity index (χ4n) is 2.81. The Morgan fingerprint density at radius 2 is 1.86 bits per heavy atom. The van der Waals surface area contributed by atoms with Gasteiger partial charge in [-0.05, 0) is 60.4 Å². The van der Waals surface area contributed by atoms with Gasteiger partial charge in [0, 0.05) is 18.2 Å². The average Bonchev–Trinajstić information content (AvgIpc) is 2.69. The van der Waals surface area contributed by atoms with Crippen molar-refractivity contribution in [3.8, 4) is 5.75 Å². The standard InChI is InChI=1S/C22H29N3O3.ClH/c1-4-12-27-21-11-8-18(13-16(21)5-2)20(14-28-15(3)26)25-19-9-6-17(7-10-19)22(23)24;/h6-11,13,20,25H,4-5,12,14H2,1-3H3,(H3,23,24);1H. The lowest BCUT2D eigenvalue weighted by atomic mass is 10.0. The number of esters is 1. The van der Waals surface area contributed by atoms with Crippen LogP contribution in [-0.4, -0.2) is 25.0 Å². The molecule has 0 spiro atoms. The lowest BCUT2D eigenvalue weighted by Crippen LogP contribution is -2.19. The van der Waals surface area contributed by atoms with Crippen LogP contribution in [0.15, 0.2) is 42.5 Å². The number of ether oxygens (including phenoxy) is 2. The van der Waals surface area contributed by atoms with Crippen LogP contribution >= 0.6 is 12.4 Å². The number of nitrogens with two attached hydrogens (primary N) is 1. The van der Waals surface area contributed by atoms with E-state index in [1.54, 1.807) is 12.1 Å². The fraction of sp³-hybridized carbons (Fsp3) is 0.364. The van der Waals surface area contributed by atoms with Gasteiger partial charge >= 0.3 is 5.97 Å². The van der Waals surface area contributed by atoms with Gasteiger partial charge in [0.15, 0.2) is 0 Å². The Bertz CT molecular complexity index is 809. The molecule has 1 unspecified atom stereocenters. The molecule has 0 saturated carbocycles. The molecule has 1 atom stereocenters. The van der Waals surface area contributed by atoms with Crippen LogP contribution in [-0.2, 0) is 16.0 Å². The lowest BCUT2D eigenvalue weighted by Gasteiger charge is -2.22. The van der Waals surface area contributed by atoms with Crippen LogP contribution in [0.5, 0.6) is 5.75 Å². The molecule has 4 N–H and O–H groups in total. The van der Waals surface area contributed by atoms with Gasteiger partial charge in [0.25, 0.3) is 0 Å². The number of carbonyl (C=O) groups excluding carboxylic acids is 1. The van der Waals surface area contributed by atoms with Crippen LogP contribution in [0.4, 0.5) is 5.69 Å². The normalized spacial score (nSPS) is 11.1. The number of benzene rings is 2. The molecular formula is C22H30ClN3O3. The van der Waals surface area contributed by atoms with E-state index >= 15 is 0 Å². The molecule has 0 aliphatic heterocycles. The van der Waals surface area contributed by atoms with Crippen LogP contribution < -0.4 is 15.8 Å². The number of aryl methyl sites for hydroxylation is 1. The minimum absolute atomic E-state index is 0. The summed E-state index contributed by atoms with van der Waals surface area (Å²) in [5.41, 5.74) is 9.15. The van der Waals surface area contributed by atoms with Crippen molar-refractivity contribution in [1.29, 1.82) is 5.41 Å². The van der Waals surface area contributed by atoms with E-state index in [9.17, 15) is 4.79 Å². The first-order valence-electron chi connectivity index (χ1n) is 9.54. The number of amidine groups is 1. The minimum atomic E-state index is -0.322. The van der Waals surface area contributed by atoms with Crippen LogP contribution in [0.1, 0.15) is 49.9 Å². The maximum atomic E-state index is 11.3. The second kappa shape index (κ2) is 12.0. The zero-order chi connectivity index (χ0) is 20.5. The van der Waals surface area contributed by atoms with Gasteiger partial charge in [0.2, 0.25) is 0 Å². The molecular weight excluding hydrogens is 390 g/mol. The van der Waals surface area contributed by atoms with Gasteiger partial charge in [-0.3, -0.25) is 10.2 Å². The first kappa shape index (κ1) is 24.3. The third kappa shape index (κ3) is 7.31. The third-order valence-electron chi connectivity index (χ3n) is 4.32. The van der Waals surface area contributed by atoms with E-state index in [0.29, 0.717) is 12.2 Å². The second-order valence-corrected chi connectivity index (χ2v) is 6.56. The molecule has 6 nitrogen and oxygen atoms in total. The highest BCUT2D eigenvalue weighted by molar-refractivity contribution is 5.95. The van der Waals surface area contributed by atoms with Crippen LogP contribution in [0.25, 0.3) is 0 Å². The average molecular weight is 420 g/mol. The number of carbonyl (C=O) groups is 1. The van der Waals surface area contributed by atoms with Gasteiger partial charge < -0.3 is 20.5 Å². The lowest BCUT2D eigenvalue weighted by molar-refractivity contribution is -0.141. The summed E-state index contributed by atoms with van der Waals surface area (Å²) < 4.78 is 11.1. The predicted molar refractivity (Wildman–Crippen MR) is 119 cm³/mol. The zero-order valence-corrected chi connectivity index (χ0v) is 18.0. The Morgan fingerprint density at radius 3 is 2.41 bits per heavy atom. The molecule has 2 rings (SSSR count). The largest absolute Gasteiger partial charge is 0.493 e. The molecule has 2 aromatic rings. The quantitative estimate of drug-likeness (QED) is 0.300. The van der Waals surface area contributed by atoms with E-state index in [1.807, 2.05) is 24.3 Å². The summed E-state index contributed by atoms with van der Waals surface area (Å²) in [6.45, 7) is 6.47. The highest BCUT2D eigenvalue weighted by Gasteiger charge is 2.16.